The van der Waals surface area contributed by atoms with E-state index in [-0.39, 0.29) is 23.6 Å². The monoisotopic (exact) mass is 335 g/mol. The molecule has 2 heterocycles. The third-order valence-electron chi connectivity index (χ3n) is 4.45. The molecule has 1 atom stereocenters. The summed E-state index contributed by atoms with van der Waals surface area (Å²) in [6.45, 7) is 2.15. The van der Waals surface area contributed by atoms with Crippen molar-refractivity contribution in [2.45, 2.75) is 6.42 Å². The van der Waals surface area contributed by atoms with Gasteiger partial charge in [-0.25, -0.2) is 4.99 Å². The Bertz CT molecular complexity index is 825. The lowest BCUT2D eigenvalue weighted by atomic mass is 9.76. The summed E-state index contributed by atoms with van der Waals surface area (Å²) < 4.78 is 5.31. The Kier molecular flexibility index (Phi) is 4.51. The van der Waals surface area contributed by atoms with Gasteiger partial charge in [0, 0.05) is 25.1 Å². The molecule has 2 N–H and O–H groups in total. The van der Waals surface area contributed by atoms with Gasteiger partial charge in [0.1, 0.15) is 23.3 Å². The van der Waals surface area contributed by atoms with E-state index in [1.165, 1.54) is 0 Å². The maximum atomic E-state index is 12.6. The first-order valence-corrected chi connectivity index (χ1v) is 7.94. The first-order valence-electron chi connectivity index (χ1n) is 7.94. The van der Waals surface area contributed by atoms with Crippen molar-refractivity contribution in [1.82, 2.24) is 4.90 Å². The summed E-state index contributed by atoms with van der Waals surface area (Å²) in [5.41, 5.74) is 5.13. The molecule has 0 aliphatic carbocycles. The number of ketones is 1. The van der Waals surface area contributed by atoms with E-state index in [4.69, 9.17) is 10.5 Å². The maximum absolute atomic E-state index is 12.6. The number of carbonyl (C=O) groups is 1. The number of ether oxygens (including phenoxy) is 1. The number of carbonyl (C=O) groups excluding carboxylic acids is 1. The molecule has 1 aromatic carbocycles. The SMILES string of the molecule is N#CC1=C(N2CCOCC2)N=C(N)[C@]1(C#N)CC(=O)c1ccccc1. The van der Waals surface area contributed by atoms with Crippen molar-refractivity contribution in [3.63, 3.8) is 0 Å². The van der Waals surface area contributed by atoms with E-state index in [0.717, 1.165) is 0 Å². The van der Waals surface area contributed by atoms with Crippen LogP contribution in [-0.4, -0.2) is 42.8 Å². The number of nitrogens with zero attached hydrogens (tertiary/aromatic N) is 4. The van der Waals surface area contributed by atoms with Gasteiger partial charge in [-0.2, -0.15) is 10.5 Å². The Morgan fingerprint density at radius 1 is 1.28 bits per heavy atom. The summed E-state index contributed by atoms with van der Waals surface area (Å²) in [4.78, 5) is 18.8. The fourth-order valence-electron chi connectivity index (χ4n) is 3.03. The van der Waals surface area contributed by atoms with Crippen molar-refractivity contribution < 1.29 is 9.53 Å². The topological polar surface area (TPSA) is 116 Å². The van der Waals surface area contributed by atoms with Gasteiger partial charge in [0.15, 0.2) is 11.2 Å². The number of morpholine rings is 1. The Balaban J connectivity index is 1.98. The molecule has 7 heteroatoms. The average molecular weight is 335 g/mol. The zero-order valence-corrected chi connectivity index (χ0v) is 13.6. The number of rotatable bonds is 4. The van der Waals surface area contributed by atoms with Crippen LogP contribution >= 0.6 is 0 Å². The Hall–Kier alpha value is -3.16. The fourth-order valence-corrected chi connectivity index (χ4v) is 3.03. The Morgan fingerprint density at radius 2 is 1.96 bits per heavy atom. The zero-order chi connectivity index (χ0) is 17.9. The molecule has 2 aliphatic rings. The maximum Gasteiger partial charge on any atom is 0.165 e. The molecule has 25 heavy (non-hydrogen) atoms. The fraction of sp³-hybridized carbons (Fsp3) is 0.333. The highest BCUT2D eigenvalue weighted by molar-refractivity contribution is 6.05. The van der Waals surface area contributed by atoms with Gasteiger partial charge in [0.25, 0.3) is 0 Å². The predicted molar refractivity (Wildman–Crippen MR) is 90.1 cm³/mol. The van der Waals surface area contributed by atoms with Crippen LogP contribution in [0.15, 0.2) is 46.7 Å². The van der Waals surface area contributed by atoms with Gasteiger partial charge >= 0.3 is 0 Å². The molecule has 2 aliphatic heterocycles. The molecule has 0 amide bonds. The highest BCUT2D eigenvalue weighted by Gasteiger charge is 2.48. The molecule has 0 saturated carbocycles. The molecule has 1 aromatic rings. The van der Waals surface area contributed by atoms with Crippen molar-refractivity contribution in [3.8, 4) is 12.1 Å². The average Bonchev–Trinajstić information content (AvgIpc) is 2.95. The van der Waals surface area contributed by atoms with Crippen LogP contribution in [-0.2, 0) is 4.74 Å². The van der Waals surface area contributed by atoms with Crippen LogP contribution in [0.2, 0.25) is 0 Å². The van der Waals surface area contributed by atoms with Crippen LogP contribution < -0.4 is 5.73 Å². The van der Waals surface area contributed by atoms with Crippen LogP contribution in [0.5, 0.6) is 0 Å². The van der Waals surface area contributed by atoms with E-state index in [2.05, 4.69) is 17.1 Å². The van der Waals surface area contributed by atoms with E-state index in [1.807, 2.05) is 4.90 Å². The van der Waals surface area contributed by atoms with Crippen LogP contribution in [0.25, 0.3) is 0 Å². The molecule has 3 rings (SSSR count). The molecule has 0 spiro atoms. The molecule has 7 nitrogen and oxygen atoms in total. The van der Waals surface area contributed by atoms with Gasteiger partial charge in [-0.05, 0) is 0 Å². The highest BCUT2D eigenvalue weighted by atomic mass is 16.5. The molecule has 0 unspecified atom stereocenters. The third-order valence-corrected chi connectivity index (χ3v) is 4.45. The molecule has 0 bridgehead atoms. The second-order valence-electron chi connectivity index (χ2n) is 5.89. The van der Waals surface area contributed by atoms with Gasteiger partial charge in [-0.15, -0.1) is 0 Å². The van der Waals surface area contributed by atoms with Gasteiger partial charge in [0.2, 0.25) is 0 Å². The van der Waals surface area contributed by atoms with Gasteiger partial charge < -0.3 is 15.4 Å². The van der Waals surface area contributed by atoms with Crippen LogP contribution in [0, 0.1) is 28.1 Å². The second-order valence-corrected chi connectivity index (χ2v) is 5.89. The number of hydrogen-bond acceptors (Lipinski definition) is 7. The van der Waals surface area contributed by atoms with E-state index >= 15 is 0 Å². The number of nitrogens with two attached hydrogens (primary N) is 1. The van der Waals surface area contributed by atoms with Crippen molar-refractivity contribution in [3.05, 3.63) is 47.3 Å². The molecular weight excluding hydrogens is 318 g/mol. The summed E-state index contributed by atoms with van der Waals surface area (Å²) in [5.74, 6) is 0.124. The lowest BCUT2D eigenvalue weighted by Crippen LogP contribution is -2.38. The minimum atomic E-state index is -1.52. The lowest BCUT2D eigenvalue weighted by molar-refractivity contribution is 0.0528. The van der Waals surface area contributed by atoms with Crippen LogP contribution in [0.1, 0.15) is 16.8 Å². The minimum absolute atomic E-state index is 0.00248. The van der Waals surface area contributed by atoms with Gasteiger partial charge in [-0.3, -0.25) is 4.79 Å². The minimum Gasteiger partial charge on any atom is -0.385 e. The smallest absolute Gasteiger partial charge is 0.165 e. The number of nitriles is 2. The summed E-state index contributed by atoms with van der Waals surface area (Å²) in [5, 5.41) is 19.5. The molecule has 0 aromatic heterocycles. The number of benzene rings is 1. The largest absolute Gasteiger partial charge is 0.385 e. The van der Waals surface area contributed by atoms with Crippen molar-refractivity contribution in [2.75, 3.05) is 26.3 Å². The summed E-state index contributed by atoms with van der Waals surface area (Å²) in [6.07, 6.45) is -0.209. The molecule has 1 fully saturated rings. The van der Waals surface area contributed by atoms with Crippen molar-refractivity contribution >= 4 is 11.6 Å². The Labute approximate surface area is 145 Å². The molecule has 0 radical (unpaired) electrons. The normalized spacial score (nSPS) is 23.0. The first-order chi connectivity index (χ1) is 12.1. The zero-order valence-electron chi connectivity index (χ0n) is 13.6. The number of amidine groups is 1. The quantitative estimate of drug-likeness (QED) is 0.827. The van der Waals surface area contributed by atoms with Gasteiger partial charge in [-0.1, -0.05) is 30.3 Å². The standard InChI is InChI=1S/C18H17N5O2/c19-11-14-16(23-6-8-25-9-7-23)22-17(21)18(14,12-20)10-15(24)13-4-2-1-3-5-13/h1-5H,6-10H2,(H2,21,22)/t18-/m0/s1. The number of hydrogen-bond donors (Lipinski definition) is 1. The highest BCUT2D eigenvalue weighted by Crippen LogP contribution is 2.40. The van der Waals surface area contributed by atoms with E-state index in [0.29, 0.717) is 37.7 Å². The number of Topliss-reactive ketones (excluding diaryl/α,β-unsaturated/α-hetero) is 1. The van der Waals surface area contributed by atoms with Crippen LogP contribution in [0.3, 0.4) is 0 Å². The first kappa shape index (κ1) is 16.7. The van der Waals surface area contributed by atoms with E-state index in [9.17, 15) is 15.3 Å². The summed E-state index contributed by atoms with van der Waals surface area (Å²) >= 11 is 0. The number of aliphatic imine (C=N–C) groups is 1. The Morgan fingerprint density at radius 3 is 2.56 bits per heavy atom. The van der Waals surface area contributed by atoms with Crippen LogP contribution in [0.4, 0.5) is 0 Å². The predicted octanol–water partition coefficient (Wildman–Crippen LogP) is 1.21. The van der Waals surface area contributed by atoms with E-state index < -0.39 is 5.41 Å². The van der Waals surface area contributed by atoms with Crippen molar-refractivity contribution in [2.24, 2.45) is 16.1 Å². The molecule has 126 valence electrons. The van der Waals surface area contributed by atoms with E-state index in [1.54, 1.807) is 30.3 Å². The second kappa shape index (κ2) is 6.76. The summed E-state index contributed by atoms with van der Waals surface area (Å²) in [6, 6.07) is 12.8. The summed E-state index contributed by atoms with van der Waals surface area (Å²) in [7, 11) is 0. The third kappa shape index (κ3) is 2.86. The molecular formula is C18H17N5O2. The lowest BCUT2D eigenvalue weighted by Gasteiger charge is -2.28. The van der Waals surface area contributed by atoms with Gasteiger partial charge in [0.05, 0.1) is 19.3 Å². The molecule has 1 saturated heterocycles. The van der Waals surface area contributed by atoms with Crippen molar-refractivity contribution in [1.29, 1.82) is 10.5 Å².